The van der Waals surface area contributed by atoms with Gasteiger partial charge in [0.25, 0.3) is 0 Å². The molecule has 4 heterocycles. The molecule has 0 bridgehead atoms. The summed E-state index contributed by atoms with van der Waals surface area (Å²) in [7, 11) is 0. The van der Waals surface area contributed by atoms with Gasteiger partial charge in [-0.15, -0.1) is 0 Å². The largest absolute Gasteiger partial charge is 0.507 e. The van der Waals surface area contributed by atoms with Gasteiger partial charge in [-0.25, -0.2) is 9.97 Å². The monoisotopic (exact) mass is 748 g/mol. The number of fused-ring (bicyclic) bond motifs is 3. The van der Waals surface area contributed by atoms with E-state index in [4.69, 9.17) is 9.97 Å². The Bertz CT molecular complexity index is 2170. The van der Waals surface area contributed by atoms with Gasteiger partial charge in [-0.3, -0.25) is 9.97 Å². The first kappa shape index (κ1) is 36.7. The molecule has 4 aromatic heterocycles. The molecule has 0 atom stereocenters. The first-order valence-corrected chi connectivity index (χ1v) is 16.2. The summed E-state index contributed by atoms with van der Waals surface area (Å²) in [6, 6.07) is 31.5. The Hall–Kier alpha value is -4.61. The molecule has 2 N–H and O–H groups in total. The van der Waals surface area contributed by atoms with Crippen LogP contribution >= 0.6 is 0 Å². The van der Waals surface area contributed by atoms with E-state index in [9.17, 15) is 10.2 Å². The Morgan fingerprint density at radius 1 is 0.440 bits per heavy atom. The van der Waals surface area contributed by atoms with Crippen molar-refractivity contribution < 1.29 is 43.8 Å². The third-order valence-corrected chi connectivity index (χ3v) is 8.91. The molecule has 50 heavy (non-hydrogen) atoms. The van der Waals surface area contributed by atoms with Gasteiger partial charge in [-0.05, 0) is 82.6 Å². The van der Waals surface area contributed by atoms with E-state index in [0.717, 1.165) is 21.9 Å². The predicted molar refractivity (Wildman–Crippen MR) is 195 cm³/mol. The molecule has 0 saturated carbocycles. The molecule has 7 rings (SSSR count). The van der Waals surface area contributed by atoms with Gasteiger partial charge in [0.1, 0.15) is 11.5 Å². The van der Waals surface area contributed by atoms with E-state index >= 15 is 0 Å². The van der Waals surface area contributed by atoms with Gasteiger partial charge in [0.2, 0.25) is 0 Å². The van der Waals surface area contributed by atoms with E-state index in [2.05, 4.69) is 51.5 Å². The number of pyridine rings is 4. The molecule has 2 radical (unpaired) electrons. The summed E-state index contributed by atoms with van der Waals surface area (Å²) >= 11 is 0. The Kier molecular flexibility index (Phi) is 10.2. The zero-order valence-electron chi connectivity index (χ0n) is 28.7. The summed E-state index contributed by atoms with van der Waals surface area (Å²) in [5.74, 6) is 0.266. The van der Waals surface area contributed by atoms with Crippen LogP contribution in [-0.2, 0) is 44.4 Å². The van der Waals surface area contributed by atoms with Gasteiger partial charge in [0.15, 0.2) is 0 Å². The molecule has 0 saturated heterocycles. The second-order valence-electron chi connectivity index (χ2n) is 14.4. The zero-order valence-corrected chi connectivity index (χ0v) is 30.8. The zero-order chi connectivity index (χ0) is 33.8. The van der Waals surface area contributed by atoms with Gasteiger partial charge in [0, 0.05) is 79.0 Å². The number of phenols is 2. The molecule has 8 heteroatoms. The number of phenolic OH excluding ortho intramolecular Hbond substituents is 2. The first-order chi connectivity index (χ1) is 22.9. The molecule has 3 aromatic carbocycles. The summed E-state index contributed by atoms with van der Waals surface area (Å²) in [4.78, 5) is 19.4. The fourth-order valence-electron chi connectivity index (χ4n) is 6.03. The van der Waals surface area contributed by atoms with Gasteiger partial charge < -0.3 is 10.2 Å². The second-order valence-corrected chi connectivity index (χ2v) is 14.4. The Balaban J connectivity index is 0.00000243. The van der Waals surface area contributed by atoms with E-state index in [1.807, 2.05) is 97.1 Å². The van der Waals surface area contributed by atoms with Crippen molar-refractivity contribution in [3.05, 3.63) is 121 Å². The smallest absolute Gasteiger partial charge is 0.134 e. The Morgan fingerprint density at radius 2 is 0.780 bits per heavy atom. The van der Waals surface area contributed by atoms with Crippen LogP contribution in [0.1, 0.15) is 52.7 Å². The third-order valence-electron chi connectivity index (χ3n) is 8.91. The van der Waals surface area contributed by atoms with Crippen molar-refractivity contribution >= 4 is 21.8 Å². The summed E-state index contributed by atoms with van der Waals surface area (Å²) < 4.78 is 0. The van der Waals surface area contributed by atoms with E-state index in [1.165, 1.54) is 0 Å². The molecule has 0 spiro atoms. The maximum atomic E-state index is 11.7. The van der Waals surface area contributed by atoms with Crippen LogP contribution in [-0.4, -0.2) is 30.1 Å². The first-order valence-electron chi connectivity index (χ1n) is 16.2. The number of nitrogens with zero attached hydrogens (tertiary/aromatic N) is 4. The average Bonchev–Trinajstić information content (AvgIpc) is 3.07. The van der Waals surface area contributed by atoms with Crippen LogP contribution < -0.4 is 0 Å². The third kappa shape index (κ3) is 6.89. The van der Waals surface area contributed by atoms with Crippen molar-refractivity contribution in [1.82, 2.24) is 19.9 Å². The van der Waals surface area contributed by atoms with Crippen LogP contribution in [0, 0.1) is 0 Å². The summed E-state index contributed by atoms with van der Waals surface area (Å²) in [5, 5.41) is 25.2. The summed E-state index contributed by atoms with van der Waals surface area (Å²) in [6.07, 6.45) is 3.46. The summed E-state index contributed by atoms with van der Waals surface area (Å²) in [6.45, 7) is 12.9. The van der Waals surface area contributed by atoms with Crippen molar-refractivity contribution in [3.63, 3.8) is 0 Å². The molecule has 0 aliphatic carbocycles. The van der Waals surface area contributed by atoms with Crippen LogP contribution in [0.15, 0.2) is 109 Å². The van der Waals surface area contributed by atoms with Crippen LogP contribution in [0.4, 0.5) is 0 Å². The van der Waals surface area contributed by atoms with Gasteiger partial charge in [-0.2, -0.15) is 0 Å². The number of hydrogen-bond acceptors (Lipinski definition) is 6. The number of hydrogen-bond donors (Lipinski definition) is 2. The van der Waals surface area contributed by atoms with Crippen molar-refractivity contribution in [3.8, 4) is 56.5 Å². The second kappa shape index (κ2) is 14.0. The molecule has 0 aliphatic rings. The van der Waals surface area contributed by atoms with Gasteiger partial charge >= 0.3 is 0 Å². The minimum atomic E-state index is -0.177. The standard InChI is InChI=1S/C42H38N4O2.2Co/c1-41(2,3)27-21-29(33-11-7-9-19-43-33)39(47)31(23-27)35-17-15-25-13-14-26-16-18-36(46-38(26)37(25)45-35)32-24-28(42(4,5)6)22-30(40(32)48)34-12-8-10-20-44-34;;/h7-24,47-48H,1-6H3;;. The molecule has 0 amide bonds. The van der Waals surface area contributed by atoms with Crippen molar-refractivity contribution in [2.24, 2.45) is 0 Å². The minimum absolute atomic E-state index is 0. The molecule has 6 nitrogen and oxygen atoms in total. The van der Waals surface area contributed by atoms with E-state index in [1.54, 1.807) is 12.4 Å². The predicted octanol–water partition coefficient (Wildman–Crippen LogP) is 10.2. The van der Waals surface area contributed by atoms with Crippen LogP contribution in [0.5, 0.6) is 11.5 Å². The quantitative estimate of drug-likeness (QED) is 0.174. The van der Waals surface area contributed by atoms with Crippen LogP contribution in [0.25, 0.3) is 66.8 Å². The topological polar surface area (TPSA) is 92.0 Å². The van der Waals surface area contributed by atoms with E-state index < -0.39 is 0 Å². The van der Waals surface area contributed by atoms with E-state index in [-0.39, 0.29) is 55.9 Å². The summed E-state index contributed by atoms with van der Waals surface area (Å²) in [5.41, 5.74) is 8.46. The Labute approximate surface area is 313 Å². The number of rotatable bonds is 4. The van der Waals surface area contributed by atoms with E-state index in [0.29, 0.717) is 56.1 Å². The fraction of sp³-hybridized carbons (Fsp3) is 0.190. The maximum Gasteiger partial charge on any atom is 0.134 e. The SMILES string of the molecule is CC(C)(C)c1cc(-c2ccccn2)c(O)c(-c2ccc3ccc4ccc(-c5cc(C(C)(C)C)cc(-c6ccccn6)c5O)nc4c3n2)c1.[Co].[Co]. The molecule has 0 unspecified atom stereocenters. The molecular weight excluding hydrogens is 710 g/mol. The molecule has 0 fully saturated rings. The van der Waals surface area contributed by atoms with Crippen molar-refractivity contribution in [2.45, 2.75) is 52.4 Å². The average molecular weight is 749 g/mol. The van der Waals surface area contributed by atoms with Crippen LogP contribution in [0.2, 0.25) is 0 Å². The van der Waals surface area contributed by atoms with Crippen LogP contribution in [0.3, 0.4) is 0 Å². The molecule has 7 aromatic rings. The molecule has 0 aliphatic heterocycles. The number of aromatic hydroxyl groups is 2. The van der Waals surface area contributed by atoms with Crippen molar-refractivity contribution in [1.29, 1.82) is 0 Å². The Morgan fingerprint density at radius 3 is 1.10 bits per heavy atom. The van der Waals surface area contributed by atoms with Gasteiger partial charge in [-0.1, -0.05) is 77.9 Å². The normalized spacial score (nSPS) is 11.6. The van der Waals surface area contributed by atoms with Crippen molar-refractivity contribution in [2.75, 3.05) is 0 Å². The molecule has 256 valence electrons. The fourth-order valence-corrected chi connectivity index (χ4v) is 6.03. The maximum absolute atomic E-state index is 11.7. The molecular formula is C42H38Co2N4O2. The number of aromatic nitrogens is 4. The van der Waals surface area contributed by atoms with Gasteiger partial charge in [0.05, 0.1) is 33.8 Å². The number of benzene rings is 3. The minimum Gasteiger partial charge on any atom is -0.507 e.